The molecule has 0 atom stereocenters. The Labute approximate surface area is 136 Å². The lowest BCUT2D eigenvalue weighted by molar-refractivity contribution is 0.0917. The number of nitrogens with zero attached hydrogens (tertiary/aromatic N) is 3. The first kappa shape index (κ1) is 15.9. The Kier molecular flexibility index (Phi) is 5.19. The van der Waals surface area contributed by atoms with Crippen LogP contribution in [0.3, 0.4) is 0 Å². The molecule has 126 valence electrons. The van der Waals surface area contributed by atoms with Crippen LogP contribution >= 0.6 is 0 Å². The van der Waals surface area contributed by atoms with Crippen molar-refractivity contribution < 1.29 is 13.9 Å². The molecule has 7 nitrogen and oxygen atoms in total. The minimum absolute atomic E-state index is 0.481. The van der Waals surface area contributed by atoms with Crippen LogP contribution in [0.2, 0.25) is 0 Å². The van der Waals surface area contributed by atoms with E-state index in [1.165, 1.54) is 0 Å². The Balaban J connectivity index is 1.46. The highest BCUT2D eigenvalue weighted by molar-refractivity contribution is 5.94. The molecule has 1 fully saturated rings. The number of aryl methyl sites for hydroxylation is 1. The van der Waals surface area contributed by atoms with Gasteiger partial charge in [-0.3, -0.25) is 4.90 Å². The van der Waals surface area contributed by atoms with Crippen molar-refractivity contribution >= 4 is 5.90 Å². The third-order valence-electron chi connectivity index (χ3n) is 3.99. The minimum atomic E-state index is 0.481. The summed E-state index contributed by atoms with van der Waals surface area (Å²) >= 11 is 0. The number of piperazine rings is 1. The summed E-state index contributed by atoms with van der Waals surface area (Å²) in [6, 6.07) is 1.89. The van der Waals surface area contributed by atoms with Gasteiger partial charge in [0.2, 0.25) is 5.88 Å². The Morgan fingerprint density at radius 2 is 2.17 bits per heavy atom. The number of nitrogens with one attached hydrogen (secondary N) is 1. The quantitative estimate of drug-likeness (QED) is 0.798. The fraction of sp³-hybridized carbons (Fsp3) is 0.562. The number of rotatable bonds is 6. The van der Waals surface area contributed by atoms with E-state index in [0.29, 0.717) is 17.5 Å². The lowest BCUT2D eigenvalue weighted by Crippen LogP contribution is -2.45. The highest BCUT2D eigenvalue weighted by Gasteiger charge is 2.22. The molecule has 1 aromatic rings. The first-order chi connectivity index (χ1) is 11.3. The first-order valence-electron chi connectivity index (χ1n) is 8.08. The van der Waals surface area contributed by atoms with Crippen LogP contribution < -0.4 is 5.43 Å². The van der Waals surface area contributed by atoms with Crippen LogP contribution in [0.4, 0.5) is 0 Å². The van der Waals surface area contributed by atoms with Crippen molar-refractivity contribution in [1.29, 1.82) is 0 Å². The SMILES string of the molecule is CCOCCN1CCN(C=C2NN=C(c3occc3C)O2)CC1. The summed E-state index contributed by atoms with van der Waals surface area (Å²) in [5.74, 6) is 1.79. The molecular weight excluding hydrogens is 296 g/mol. The van der Waals surface area contributed by atoms with E-state index >= 15 is 0 Å². The van der Waals surface area contributed by atoms with Crippen molar-refractivity contribution in [2.45, 2.75) is 13.8 Å². The molecule has 0 aliphatic carbocycles. The van der Waals surface area contributed by atoms with E-state index in [0.717, 1.165) is 51.5 Å². The predicted octanol–water partition coefficient (Wildman–Crippen LogP) is 1.32. The molecule has 2 aliphatic heterocycles. The normalized spacial score (nSPS) is 20.5. The molecule has 3 heterocycles. The molecule has 1 N–H and O–H groups in total. The van der Waals surface area contributed by atoms with Crippen LogP contribution in [0.25, 0.3) is 0 Å². The molecule has 1 saturated heterocycles. The molecule has 0 unspecified atom stereocenters. The van der Waals surface area contributed by atoms with E-state index in [4.69, 9.17) is 13.9 Å². The zero-order chi connectivity index (χ0) is 16.1. The molecule has 0 radical (unpaired) electrons. The van der Waals surface area contributed by atoms with Gasteiger partial charge in [-0.1, -0.05) is 0 Å². The van der Waals surface area contributed by atoms with E-state index in [1.54, 1.807) is 6.26 Å². The Hall–Kier alpha value is -1.99. The van der Waals surface area contributed by atoms with Crippen LogP contribution in [0.15, 0.2) is 33.9 Å². The van der Waals surface area contributed by atoms with Crippen LogP contribution in [0.5, 0.6) is 0 Å². The maximum Gasteiger partial charge on any atom is 0.281 e. The van der Waals surface area contributed by atoms with E-state index in [-0.39, 0.29) is 0 Å². The second kappa shape index (κ2) is 7.52. The van der Waals surface area contributed by atoms with Crippen molar-refractivity contribution in [2.75, 3.05) is 45.9 Å². The molecular formula is C16H24N4O3. The fourth-order valence-electron chi connectivity index (χ4n) is 2.62. The molecule has 0 amide bonds. The average molecular weight is 320 g/mol. The van der Waals surface area contributed by atoms with E-state index in [1.807, 2.05) is 26.1 Å². The summed E-state index contributed by atoms with van der Waals surface area (Å²) in [5.41, 5.74) is 3.92. The predicted molar refractivity (Wildman–Crippen MR) is 86.8 cm³/mol. The van der Waals surface area contributed by atoms with Gasteiger partial charge in [0.05, 0.1) is 19.1 Å². The lowest BCUT2D eigenvalue weighted by Gasteiger charge is -2.33. The lowest BCUT2D eigenvalue weighted by atomic mass is 10.3. The minimum Gasteiger partial charge on any atom is -0.459 e. The Morgan fingerprint density at radius 1 is 1.35 bits per heavy atom. The highest BCUT2D eigenvalue weighted by Crippen LogP contribution is 2.16. The fourth-order valence-corrected chi connectivity index (χ4v) is 2.62. The summed E-state index contributed by atoms with van der Waals surface area (Å²) in [7, 11) is 0. The monoisotopic (exact) mass is 320 g/mol. The summed E-state index contributed by atoms with van der Waals surface area (Å²) in [6.07, 6.45) is 3.62. The van der Waals surface area contributed by atoms with Crippen molar-refractivity contribution in [1.82, 2.24) is 15.2 Å². The summed E-state index contributed by atoms with van der Waals surface area (Å²) < 4.78 is 16.5. The van der Waals surface area contributed by atoms with Gasteiger partial charge in [0, 0.05) is 44.9 Å². The van der Waals surface area contributed by atoms with Gasteiger partial charge in [0.25, 0.3) is 5.90 Å². The topological polar surface area (TPSA) is 62.5 Å². The maximum atomic E-state index is 5.73. The molecule has 3 rings (SSSR count). The van der Waals surface area contributed by atoms with Crippen LogP contribution in [0.1, 0.15) is 18.2 Å². The van der Waals surface area contributed by atoms with E-state index in [9.17, 15) is 0 Å². The standard InChI is InChI=1S/C16H24N4O3/c1-3-21-11-9-19-5-7-20(8-6-19)12-14-17-18-16(23-14)15-13(2)4-10-22-15/h4,10,12,17H,3,5-9,11H2,1-2H3. The van der Waals surface area contributed by atoms with Crippen LogP contribution in [-0.4, -0.2) is 61.6 Å². The summed E-state index contributed by atoms with van der Waals surface area (Å²) in [6.45, 7) is 10.6. The molecule has 0 aromatic carbocycles. The number of furan rings is 1. The molecule has 0 spiro atoms. The van der Waals surface area contributed by atoms with Gasteiger partial charge in [-0.05, 0) is 19.9 Å². The largest absolute Gasteiger partial charge is 0.459 e. The third-order valence-corrected chi connectivity index (χ3v) is 3.99. The molecule has 23 heavy (non-hydrogen) atoms. The van der Waals surface area contributed by atoms with Gasteiger partial charge >= 0.3 is 0 Å². The van der Waals surface area contributed by atoms with E-state index in [2.05, 4.69) is 20.3 Å². The second-order valence-electron chi connectivity index (χ2n) is 5.63. The number of hydrogen-bond acceptors (Lipinski definition) is 7. The van der Waals surface area contributed by atoms with Gasteiger partial charge in [-0.25, -0.2) is 5.43 Å². The maximum absolute atomic E-state index is 5.73. The Bertz CT molecular complexity index is 574. The third kappa shape index (κ3) is 4.05. The summed E-state index contributed by atoms with van der Waals surface area (Å²) in [4.78, 5) is 4.66. The smallest absolute Gasteiger partial charge is 0.281 e. The van der Waals surface area contributed by atoms with Gasteiger partial charge in [-0.2, -0.15) is 0 Å². The second-order valence-corrected chi connectivity index (χ2v) is 5.63. The van der Waals surface area contributed by atoms with Crippen molar-refractivity contribution in [3.63, 3.8) is 0 Å². The molecule has 7 heteroatoms. The van der Waals surface area contributed by atoms with E-state index < -0.39 is 0 Å². The highest BCUT2D eigenvalue weighted by atomic mass is 16.5. The van der Waals surface area contributed by atoms with Crippen LogP contribution in [0, 0.1) is 6.92 Å². The first-order valence-corrected chi connectivity index (χ1v) is 8.08. The summed E-state index contributed by atoms with van der Waals surface area (Å²) in [5, 5.41) is 4.18. The zero-order valence-electron chi connectivity index (χ0n) is 13.7. The van der Waals surface area contributed by atoms with Crippen molar-refractivity contribution in [3.8, 4) is 0 Å². The molecule has 0 bridgehead atoms. The van der Waals surface area contributed by atoms with Gasteiger partial charge in [0.15, 0.2) is 5.76 Å². The number of ether oxygens (including phenoxy) is 2. The number of hydrazone groups is 1. The van der Waals surface area contributed by atoms with Gasteiger partial charge in [-0.15, -0.1) is 5.10 Å². The van der Waals surface area contributed by atoms with Gasteiger partial charge in [0.1, 0.15) is 0 Å². The molecule has 0 saturated carbocycles. The van der Waals surface area contributed by atoms with Crippen LogP contribution in [-0.2, 0) is 9.47 Å². The Morgan fingerprint density at radius 3 is 2.87 bits per heavy atom. The average Bonchev–Trinajstić information content (AvgIpc) is 3.18. The zero-order valence-corrected chi connectivity index (χ0v) is 13.7. The van der Waals surface area contributed by atoms with Gasteiger partial charge < -0.3 is 18.8 Å². The molecule has 1 aromatic heterocycles. The van der Waals surface area contributed by atoms with Crippen molar-refractivity contribution in [3.05, 3.63) is 35.7 Å². The molecule has 2 aliphatic rings. The number of hydrogen-bond donors (Lipinski definition) is 1. The van der Waals surface area contributed by atoms with Crippen molar-refractivity contribution in [2.24, 2.45) is 5.10 Å².